The first-order valence-electron chi connectivity index (χ1n) is 2.73. The van der Waals surface area contributed by atoms with Gasteiger partial charge in [-0.3, -0.25) is 10.1 Å². The van der Waals surface area contributed by atoms with Gasteiger partial charge in [-0.15, -0.1) is 0 Å². The highest BCUT2D eigenvalue weighted by atomic mass is 16.6. The first kappa shape index (κ1) is 8.07. The molecule has 4 heteroatoms. The maximum absolute atomic E-state index is 9.78. The van der Waals surface area contributed by atoms with Gasteiger partial charge >= 0.3 is 0 Å². The molecule has 0 aliphatic heterocycles. The summed E-state index contributed by atoms with van der Waals surface area (Å²) in [5.41, 5.74) is 0.181. The SMILES string of the molecule is CC(C)C(=N)C[N+](=O)[O-]. The minimum atomic E-state index is -0.484. The standard InChI is InChI=1S/C5H10N2O2/c1-4(2)5(6)3-7(8)9/h4,6H,3H2,1-2H3. The van der Waals surface area contributed by atoms with Gasteiger partial charge in [-0.1, -0.05) is 13.8 Å². The number of hydrogen-bond acceptors (Lipinski definition) is 3. The van der Waals surface area contributed by atoms with Gasteiger partial charge in [-0.25, -0.2) is 0 Å². The van der Waals surface area contributed by atoms with Crippen LogP contribution in [0.4, 0.5) is 0 Å². The third-order valence-corrected chi connectivity index (χ3v) is 0.996. The van der Waals surface area contributed by atoms with Crippen LogP contribution in [0.5, 0.6) is 0 Å². The van der Waals surface area contributed by atoms with Gasteiger partial charge in [0, 0.05) is 4.92 Å². The summed E-state index contributed by atoms with van der Waals surface area (Å²) >= 11 is 0. The van der Waals surface area contributed by atoms with Crippen molar-refractivity contribution in [2.75, 3.05) is 6.54 Å². The van der Waals surface area contributed by atoms with E-state index in [9.17, 15) is 10.1 Å². The topological polar surface area (TPSA) is 67.0 Å². The second kappa shape index (κ2) is 3.17. The molecule has 0 unspecified atom stereocenters. The van der Waals surface area contributed by atoms with Crippen LogP contribution in [-0.2, 0) is 0 Å². The van der Waals surface area contributed by atoms with Gasteiger partial charge in [0.15, 0.2) is 0 Å². The average Bonchev–Trinajstić information content (AvgIpc) is 1.63. The van der Waals surface area contributed by atoms with Crippen molar-refractivity contribution in [1.29, 1.82) is 5.41 Å². The number of rotatable bonds is 3. The third kappa shape index (κ3) is 3.64. The molecule has 0 aromatic rings. The van der Waals surface area contributed by atoms with Crippen LogP contribution >= 0.6 is 0 Å². The summed E-state index contributed by atoms with van der Waals surface area (Å²) in [5.74, 6) is -0.00426. The van der Waals surface area contributed by atoms with E-state index in [2.05, 4.69) is 0 Å². The average molecular weight is 130 g/mol. The number of hydrogen-bond donors (Lipinski definition) is 1. The molecular weight excluding hydrogens is 120 g/mol. The zero-order valence-electron chi connectivity index (χ0n) is 5.55. The lowest BCUT2D eigenvalue weighted by molar-refractivity contribution is -0.463. The van der Waals surface area contributed by atoms with E-state index < -0.39 is 4.92 Å². The Hall–Kier alpha value is -0.930. The van der Waals surface area contributed by atoms with Crippen molar-refractivity contribution in [2.45, 2.75) is 13.8 Å². The lowest BCUT2D eigenvalue weighted by Gasteiger charge is -1.99. The van der Waals surface area contributed by atoms with Crippen LogP contribution in [0.25, 0.3) is 0 Å². The molecule has 0 fully saturated rings. The zero-order valence-corrected chi connectivity index (χ0v) is 5.55. The highest BCUT2D eigenvalue weighted by molar-refractivity contribution is 5.84. The lowest BCUT2D eigenvalue weighted by atomic mass is 10.1. The van der Waals surface area contributed by atoms with E-state index in [1.165, 1.54) is 0 Å². The van der Waals surface area contributed by atoms with Crippen molar-refractivity contribution < 1.29 is 4.92 Å². The van der Waals surface area contributed by atoms with Crippen molar-refractivity contribution in [3.05, 3.63) is 10.1 Å². The van der Waals surface area contributed by atoms with Gasteiger partial charge in [0.1, 0.15) is 0 Å². The fraction of sp³-hybridized carbons (Fsp3) is 0.800. The van der Waals surface area contributed by atoms with E-state index in [0.29, 0.717) is 0 Å². The molecule has 0 aromatic carbocycles. The van der Waals surface area contributed by atoms with Crippen molar-refractivity contribution in [1.82, 2.24) is 0 Å². The molecule has 0 spiro atoms. The van der Waals surface area contributed by atoms with Crippen LogP contribution in [0.3, 0.4) is 0 Å². The molecule has 0 heterocycles. The molecule has 0 rings (SSSR count). The molecule has 4 nitrogen and oxygen atoms in total. The summed E-state index contributed by atoms with van der Waals surface area (Å²) in [6.45, 7) is 3.22. The Morgan fingerprint density at radius 3 is 2.33 bits per heavy atom. The largest absolute Gasteiger partial charge is 0.303 e. The van der Waals surface area contributed by atoms with Crippen molar-refractivity contribution in [2.24, 2.45) is 5.92 Å². The molecule has 0 bridgehead atoms. The smallest absolute Gasteiger partial charge is 0.241 e. The van der Waals surface area contributed by atoms with Gasteiger partial charge < -0.3 is 5.41 Å². The molecule has 52 valence electrons. The minimum Gasteiger partial charge on any atom is -0.303 e. The summed E-state index contributed by atoms with van der Waals surface area (Å²) in [6.07, 6.45) is 0. The second-order valence-electron chi connectivity index (χ2n) is 2.17. The van der Waals surface area contributed by atoms with E-state index in [0.717, 1.165) is 0 Å². The van der Waals surface area contributed by atoms with Crippen LogP contribution in [0.1, 0.15) is 13.8 Å². The van der Waals surface area contributed by atoms with Gasteiger partial charge in [-0.2, -0.15) is 0 Å². The lowest BCUT2D eigenvalue weighted by Crippen LogP contribution is -2.17. The highest BCUT2D eigenvalue weighted by Crippen LogP contribution is 1.93. The van der Waals surface area contributed by atoms with Gasteiger partial charge in [0.2, 0.25) is 6.54 Å². The molecule has 0 saturated carbocycles. The normalized spacial score (nSPS) is 9.67. The Labute approximate surface area is 53.5 Å². The monoisotopic (exact) mass is 130 g/mol. The minimum absolute atomic E-state index is 0.00426. The van der Waals surface area contributed by atoms with Crippen LogP contribution in [-0.4, -0.2) is 17.2 Å². The first-order chi connectivity index (χ1) is 4.04. The maximum atomic E-state index is 9.78. The predicted octanol–water partition coefficient (Wildman–Crippen LogP) is 0.939. The quantitative estimate of drug-likeness (QED) is 0.351. The molecule has 0 aliphatic rings. The van der Waals surface area contributed by atoms with Crippen molar-refractivity contribution in [3.8, 4) is 0 Å². The molecule has 1 N–H and O–H groups in total. The first-order valence-corrected chi connectivity index (χ1v) is 2.73. The molecular formula is C5H10N2O2. The summed E-state index contributed by atoms with van der Waals surface area (Å²) in [7, 11) is 0. The Kier molecular flexibility index (Phi) is 2.84. The number of nitrogens with zero attached hydrogens (tertiary/aromatic N) is 1. The number of nitrogens with one attached hydrogen (secondary N) is 1. The van der Waals surface area contributed by atoms with Gasteiger partial charge in [0.25, 0.3) is 0 Å². The predicted molar refractivity (Wildman–Crippen MR) is 34.4 cm³/mol. The Balaban J connectivity index is 3.64. The Morgan fingerprint density at radius 2 is 2.22 bits per heavy atom. The molecule has 9 heavy (non-hydrogen) atoms. The Bertz CT molecular complexity index is 131. The molecule has 0 radical (unpaired) electrons. The van der Waals surface area contributed by atoms with Crippen LogP contribution in [0.15, 0.2) is 0 Å². The van der Waals surface area contributed by atoms with Gasteiger partial charge in [0.05, 0.1) is 5.71 Å². The van der Waals surface area contributed by atoms with Crippen molar-refractivity contribution in [3.63, 3.8) is 0 Å². The second-order valence-corrected chi connectivity index (χ2v) is 2.17. The fourth-order valence-corrected chi connectivity index (χ4v) is 0.322. The molecule has 0 saturated heterocycles. The van der Waals surface area contributed by atoms with Crippen LogP contribution < -0.4 is 0 Å². The van der Waals surface area contributed by atoms with Crippen LogP contribution in [0.2, 0.25) is 0 Å². The summed E-state index contributed by atoms with van der Waals surface area (Å²) < 4.78 is 0. The van der Waals surface area contributed by atoms with E-state index in [1.54, 1.807) is 13.8 Å². The van der Waals surface area contributed by atoms with Crippen LogP contribution in [0, 0.1) is 21.4 Å². The summed E-state index contributed by atoms with van der Waals surface area (Å²) in [6, 6.07) is 0. The van der Waals surface area contributed by atoms with Gasteiger partial charge in [-0.05, 0) is 5.92 Å². The van der Waals surface area contributed by atoms with E-state index in [-0.39, 0.29) is 18.2 Å². The molecule has 0 amide bonds. The number of nitro groups is 1. The molecule has 0 aromatic heterocycles. The summed E-state index contributed by atoms with van der Waals surface area (Å²) in [5, 5.41) is 16.8. The third-order valence-electron chi connectivity index (χ3n) is 0.996. The van der Waals surface area contributed by atoms with E-state index in [4.69, 9.17) is 5.41 Å². The zero-order chi connectivity index (χ0) is 7.44. The summed E-state index contributed by atoms with van der Waals surface area (Å²) in [4.78, 5) is 9.30. The maximum Gasteiger partial charge on any atom is 0.241 e. The molecule has 0 atom stereocenters. The van der Waals surface area contributed by atoms with E-state index in [1.807, 2.05) is 0 Å². The fourth-order valence-electron chi connectivity index (χ4n) is 0.322. The molecule has 0 aliphatic carbocycles. The van der Waals surface area contributed by atoms with E-state index >= 15 is 0 Å². The Morgan fingerprint density at radius 1 is 1.78 bits per heavy atom. The highest BCUT2D eigenvalue weighted by Gasteiger charge is 2.07. The van der Waals surface area contributed by atoms with Crippen molar-refractivity contribution >= 4 is 5.71 Å².